The largest absolute Gasteiger partial charge is 0.497 e. The van der Waals surface area contributed by atoms with Gasteiger partial charge in [-0.25, -0.2) is 4.98 Å². The first-order valence-electron chi connectivity index (χ1n) is 7.60. The van der Waals surface area contributed by atoms with Crippen molar-refractivity contribution >= 4 is 23.7 Å². The third-order valence-corrected chi connectivity index (χ3v) is 5.91. The zero-order chi connectivity index (χ0) is 14.4. The first-order valence-corrected chi connectivity index (χ1v) is 8.41. The Morgan fingerprint density at radius 1 is 1.36 bits per heavy atom. The van der Waals surface area contributed by atoms with Crippen molar-refractivity contribution in [2.45, 2.75) is 43.6 Å². The summed E-state index contributed by atoms with van der Waals surface area (Å²) in [5, 5.41) is 1.34. The normalized spacial score (nSPS) is 23.5. The summed E-state index contributed by atoms with van der Waals surface area (Å²) in [6.45, 7) is 0. The maximum atomic E-state index is 6.74. The van der Waals surface area contributed by atoms with Crippen LogP contribution < -0.4 is 10.5 Å². The summed E-state index contributed by atoms with van der Waals surface area (Å²) in [5.74, 6) is 1.62. The number of rotatable bonds is 3. The SMILES string of the molecule is COc1cccc(C2(N)CCc3nc(C4CC4)sc3C2)c1.Cl. The molecule has 1 atom stereocenters. The van der Waals surface area contributed by atoms with Crippen LogP contribution in [0.1, 0.15) is 46.3 Å². The molecule has 118 valence electrons. The highest BCUT2D eigenvalue weighted by Crippen LogP contribution is 2.45. The van der Waals surface area contributed by atoms with Crippen LogP contribution in [0.15, 0.2) is 24.3 Å². The predicted octanol–water partition coefficient (Wildman–Crippen LogP) is 3.79. The van der Waals surface area contributed by atoms with Crippen molar-refractivity contribution in [1.29, 1.82) is 0 Å². The van der Waals surface area contributed by atoms with Crippen LogP contribution >= 0.6 is 23.7 Å². The van der Waals surface area contributed by atoms with Crippen LogP contribution in [0, 0.1) is 0 Å². The van der Waals surface area contributed by atoms with E-state index in [1.807, 2.05) is 23.5 Å². The number of fused-ring (bicyclic) bond motifs is 1. The second kappa shape index (κ2) is 5.84. The number of nitrogens with zero attached hydrogens (tertiary/aromatic N) is 1. The van der Waals surface area contributed by atoms with E-state index in [-0.39, 0.29) is 17.9 Å². The quantitative estimate of drug-likeness (QED) is 0.927. The Hall–Kier alpha value is -1.10. The molecule has 2 aromatic rings. The number of halogens is 1. The number of hydrogen-bond donors (Lipinski definition) is 1. The summed E-state index contributed by atoms with van der Waals surface area (Å²) in [6, 6.07) is 8.20. The Balaban J connectivity index is 0.00000144. The number of benzene rings is 1. The second-order valence-electron chi connectivity index (χ2n) is 6.26. The highest BCUT2D eigenvalue weighted by atomic mass is 35.5. The van der Waals surface area contributed by atoms with Crippen LogP contribution in [0.5, 0.6) is 5.75 Å². The van der Waals surface area contributed by atoms with E-state index in [0.717, 1.165) is 30.9 Å². The van der Waals surface area contributed by atoms with Gasteiger partial charge in [-0.05, 0) is 43.4 Å². The van der Waals surface area contributed by atoms with Crippen molar-refractivity contribution in [1.82, 2.24) is 4.98 Å². The molecule has 0 spiro atoms. The molecule has 0 saturated heterocycles. The molecule has 1 aromatic heterocycles. The molecule has 2 N–H and O–H groups in total. The van der Waals surface area contributed by atoms with Gasteiger partial charge in [0.25, 0.3) is 0 Å². The maximum Gasteiger partial charge on any atom is 0.119 e. The molecular weight excluding hydrogens is 316 g/mol. The molecule has 3 nitrogen and oxygen atoms in total. The van der Waals surface area contributed by atoms with E-state index in [1.165, 1.54) is 34.0 Å². The molecule has 1 aromatic carbocycles. The van der Waals surface area contributed by atoms with Gasteiger partial charge in [0.2, 0.25) is 0 Å². The molecule has 0 radical (unpaired) electrons. The van der Waals surface area contributed by atoms with Crippen LogP contribution in [0.25, 0.3) is 0 Å². The number of hydrogen-bond acceptors (Lipinski definition) is 4. The van der Waals surface area contributed by atoms with Crippen LogP contribution in [0.4, 0.5) is 0 Å². The van der Waals surface area contributed by atoms with Gasteiger partial charge in [-0.1, -0.05) is 12.1 Å². The summed E-state index contributed by atoms with van der Waals surface area (Å²) in [6.07, 6.45) is 5.49. The smallest absolute Gasteiger partial charge is 0.119 e. The molecule has 1 fully saturated rings. The van der Waals surface area contributed by atoms with Gasteiger partial charge in [-0.2, -0.15) is 0 Å². The topological polar surface area (TPSA) is 48.1 Å². The third-order valence-electron chi connectivity index (χ3n) is 4.65. The van der Waals surface area contributed by atoms with Gasteiger partial charge in [0.1, 0.15) is 5.75 Å². The Kier molecular flexibility index (Phi) is 4.19. The van der Waals surface area contributed by atoms with E-state index in [1.54, 1.807) is 7.11 Å². The minimum atomic E-state index is -0.283. The van der Waals surface area contributed by atoms with Crippen molar-refractivity contribution in [2.75, 3.05) is 7.11 Å². The molecule has 0 amide bonds. The fourth-order valence-corrected chi connectivity index (χ4v) is 4.54. The van der Waals surface area contributed by atoms with Gasteiger partial charge in [0, 0.05) is 22.8 Å². The monoisotopic (exact) mass is 336 g/mol. The Morgan fingerprint density at radius 3 is 2.91 bits per heavy atom. The molecule has 5 heteroatoms. The highest BCUT2D eigenvalue weighted by molar-refractivity contribution is 7.11. The van der Waals surface area contributed by atoms with Gasteiger partial charge in [0.15, 0.2) is 0 Å². The number of thiazole rings is 1. The van der Waals surface area contributed by atoms with Crippen molar-refractivity contribution in [2.24, 2.45) is 5.73 Å². The van der Waals surface area contributed by atoms with Crippen molar-refractivity contribution in [3.05, 3.63) is 45.4 Å². The van der Waals surface area contributed by atoms with Gasteiger partial charge in [-0.3, -0.25) is 0 Å². The lowest BCUT2D eigenvalue weighted by atomic mass is 9.78. The number of aryl methyl sites for hydroxylation is 1. The third kappa shape index (κ3) is 2.75. The van der Waals surface area contributed by atoms with Gasteiger partial charge in [0.05, 0.1) is 17.8 Å². The Bertz CT molecular complexity index is 683. The molecule has 22 heavy (non-hydrogen) atoms. The molecule has 2 aliphatic carbocycles. The van der Waals surface area contributed by atoms with E-state index in [4.69, 9.17) is 15.5 Å². The average Bonchev–Trinajstić information content (AvgIpc) is 3.28. The Morgan fingerprint density at radius 2 is 2.18 bits per heavy atom. The van der Waals surface area contributed by atoms with Crippen LogP contribution in [-0.4, -0.2) is 12.1 Å². The first-order chi connectivity index (χ1) is 10.2. The van der Waals surface area contributed by atoms with E-state index >= 15 is 0 Å². The fourth-order valence-electron chi connectivity index (χ4n) is 3.14. The standard InChI is InChI=1S/C17H20N2OS.ClH/c1-20-13-4-2-3-12(9-13)17(18)8-7-14-15(10-17)21-16(19-14)11-5-6-11;/h2-4,9,11H,5-8,10,18H2,1H3;1H. The van der Waals surface area contributed by atoms with Crippen LogP contribution in [0.2, 0.25) is 0 Å². The Labute approximate surface area is 141 Å². The summed E-state index contributed by atoms with van der Waals surface area (Å²) in [7, 11) is 1.70. The van der Waals surface area contributed by atoms with E-state index in [0.29, 0.717) is 0 Å². The van der Waals surface area contributed by atoms with Gasteiger partial charge < -0.3 is 10.5 Å². The molecule has 2 aliphatic rings. The van der Waals surface area contributed by atoms with Gasteiger partial charge >= 0.3 is 0 Å². The predicted molar refractivity (Wildman–Crippen MR) is 92.2 cm³/mol. The zero-order valence-electron chi connectivity index (χ0n) is 12.7. The first kappa shape index (κ1) is 15.8. The lowest BCUT2D eigenvalue weighted by molar-refractivity contribution is 0.379. The van der Waals surface area contributed by atoms with Gasteiger partial charge in [-0.15, -0.1) is 23.7 Å². The molecule has 0 bridgehead atoms. The summed E-state index contributed by atoms with van der Waals surface area (Å²) in [4.78, 5) is 6.24. The van der Waals surface area contributed by atoms with Crippen molar-refractivity contribution < 1.29 is 4.74 Å². The van der Waals surface area contributed by atoms with Crippen LogP contribution in [-0.2, 0) is 18.4 Å². The minimum absolute atomic E-state index is 0. The summed E-state index contributed by atoms with van der Waals surface area (Å²) >= 11 is 1.89. The van der Waals surface area contributed by atoms with Crippen LogP contribution in [0.3, 0.4) is 0 Å². The zero-order valence-corrected chi connectivity index (χ0v) is 14.3. The molecule has 4 rings (SSSR count). The molecular formula is C17H21ClN2OS. The second-order valence-corrected chi connectivity index (χ2v) is 7.38. The number of methoxy groups -OCH3 is 1. The highest BCUT2D eigenvalue weighted by Gasteiger charge is 2.36. The van der Waals surface area contributed by atoms with Crippen molar-refractivity contribution in [3.63, 3.8) is 0 Å². The fraction of sp³-hybridized carbons (Fsp3) is 0.471. The minimum Gasteiger partial charge on any atom is -0.497 e. The summed E-state index contributed by atoms with van der Waals surface area (Å²) in [5.41, 5.74) is 8.93. The van der Waals surface area contributed by atoms with Crippen molar-refractivity contribution in [3.8, 4) is 5.75 Å². The van der Waals surface area contributed by atoms with E-state index in [2.05, 4.69) is 12.1 Å². The molecule has 1 unspecified atom stereocenters. The number of ether oxygens (including phenoxy) is 1. The summed E-state index contributed by atoms with van der Waals surface area (Å²) < 4.78 is 5.34. The molecule has 0 aliphatic heterocycles. The number of nitrogens with two attached hydrogens (primary N) is 1. The lowest BCUT2D eigenvalue weighted by Gasteiger charge is -2.33. The number of aromatic nitrogens is 1. The maximum absolute atomic E-state index is 6.74. The van der Waals surface area contributed by atoms with E-state index in [9.17, 15) is 0 Å². The molecule has 1 heterocycles. The molecule has 1 saturated carbocycles. The van der Waals surface area contributed by atoms with E-state index < -0.39 is 0 Å². The average molecular weight is 337 g/mol. The lowest BCUT2D eigenvalue weighted by Crippen LogP contribution is -2.41.